The fraction of sp³-hybridized carbons (Fsp3) is 0.111. The molecule has 1 aliphatic carbocycles. The molecule has 0 radical (unpaired) electrons. The summed E-state index contributed by atoms with van der Waals surface area (Å²) in [5.74, 6) is 0.672. The van der Waals surface area contributed by atoms with E-state index in [4.69, 9.17) is 11.6 Å². The van der Waals surface area contributed by atoms with E-state index in [0.717, 1.165) is 6.42 Å². The number of aryl methyl sites for hydroxylation is 1. The Morgan fingerprint density at radius 2 is 1.37 bits per heavy atom. The molecule has 4 rings (SSSR count). The monoisotopic (exact) mass is 264 g/mol. The van der Waals surface area contributed by atoms with Crippen molar-refractivity contribution in [2.24, 2.45) is 0 Å². The first-order chi connectivity index (χ1) is 9.40. The van der Waals surface area contributed by atoms with Crippen molar-refractivity contribution in [3.05, 3.63) is 60.2 Å². The average Bonchev–Trinajstić information content (AvgIpc) is 2.79. The molecule has 0 fully saturated rings. The summed E-state index contributed by atoms with van der Waals surface area (Å²) in [6, 6.07) is 19.7. The lowest BCUT2D eigenvalue weighted by atomic mass is 9.97. The van der Waals surface area contributed by atoms with Crippen LogP contribution in [0.25, 0.3) is 33.0 Å². The first-order valence-corrected chi connectivity index (χ1v) is 7.14. The van der Waals surface area contributed by atoms with Gasteiger partial charge in [0.1, 0.15) is 0 Å². The van der Waals surface area contributed by atoms with Gasteiger partial charge in [0, 0.05) is 5.88 Å². The first kappa shape index (κ1) is 11.1. The van der Waals surface area contributed by atoms with Gasteiger partial charge in [-0.1, -0.05) is 54.6 Å². The van der Waals surface area contributed by atoms with Gasteiger partial charge in [-0.05, 0) is 45.0 Å². The van der Waals surface area contributed by atoms with Crippen LogP contribution in [-0.2, 0) is 6.42 Å². The lowest BCUT2D eigenvalue weighted by Gasteiger charge is -2.07. The molecule has 0 N–H and O–H groups in total. The third kappa shape index (κ3) is 1.47. The zero-order valence-electron chi connectivity index (χ0n) is 10.5. The maximum absolute atomic E-state index is 5.92. The molecule has 0 spiro atoms. The lowest BCUT2D eigenvalue weighted by molar-refractivity contribution is 1.17. The van der Waals surface area contributed by atoms with Gasteiger partial charge in [0.2, 0.25) is 0 Å². The van der Waals surface area contributed by atoms with E-state index in [2.05, 4.69) is 54.6 Å². The molecule has 1 aliphatic rings. The summed E-state index contributed by atoms with van der Waals surface area (Å²) in [7, 11) is 0. The number of rotatable bonds is 2. The standard InChI is InChI=1S/C18H13Cl/c19-11-10-12-8-9-17-15-5-2-1-4-14(15)16-7-3-6-13(12)18(16)17/h1-9H,10-11H2. The largest absolute Gasteiger partial charge is 0.126 e. The van der Waals surface area contributed by atoms with Crippen LogP contribution in [0.15, 0.2) is 54.6 Å². The second-order valence-electron chi connectivity index (χ2n) is 4.98. The summed E-state index contributed by atoms with van der Waals surface area (Å²) >= 11 is 5.92. The van der Waals surface area contributed by atoms with Crippen LogP contribution >= 0.6 is 11.6 Å². The summed E-state index contributed by atoms with van der Waals surface area (Å²) in [4.78, 5) is 0. The van der Waals surface area contributed by atoms with E-state index >= 15 is 0 Å². The Morgan fingerprint density at radius 1 is 0.684 bits per heavy atom. The van der Waals surface area contributed by atoms with Crippen LogP contribution < -0.4 is 0 Å². The van der Waals surface area contributed by atoms with Gasteiger partial charge >= 0.3 is 0 Å². The lowest BCUT2D eigenvalue weighted by Crippen LogP contribution is -1.89. The SMILES string of the molecule is ClCCc1ccc2c3c(cccc13)-c1ccccc1-2. The maximum Gasteiger partial charge on any atom is 0.0264 e. The van der Waals surface area contributed by atoms with Crippen molar-refractivity contribution in [3.63, 3.8) is 0 Å². The molecule has 3 aromatic rings. The summed E-state index contributed by atoms with van der Waals surface area (Å²) < 4.78 is 0. The highest BCUT2D eigenvalue weighted by atomic mass is 35.5. The fourth-order valence-corrected chi connectivity index (χ4v) is 3.39. The Labute approximate surface area is 117 Å². The van der Waals surface area contributed by atoms with Gasteiger partial charge in [0.25, 0.3) is 0 Å². The van der Waals surface area contributed by atoms with Crippen LogP contribution in [0.5, 0.6) is 0 Å². The zero-order chi connectivity index (χ0) is 12.8. The van der Waals surface area contributed by atoms with E-state index < -0.39 is 0 Å². The normalized spacial score (nSPS) is 11.8. The molecule has 0 aromatic heterocycles. The van der Waals surface area contributed by atoms with Gasteiger partial charge < -0.3 is 0 Å². The second-order valence-corrected chi connectivity index (χ2v) is 5.36. The molecular formula is C18H13Cl. The quantitative estimate of drug-likeness (QED) is 0.433. The minimum absolute atomic E-state index is 0.672. The topological polar surface area (TPSA) is 0 Å². The number of hydrogen-bond acceptors (Lipinski definition) is 0. The highest BCUT2D eigenvalue weighted by Crippen LogP contribution is 2.47. The molecule has 0 heterocycles. The summed E-state index contributed by atoms with van der Waals surface area (Å²) in [6.45, 7) is 0. The summed E-state index contributed by atoms with van der Waals surface area (Å²) in [6.07, 6.45) is 0.929. The highest BCUT2D eigenvalue weighted by molar-refractivity contribution is 6.18. The Kier molecular flexibility index (Phi) is 2.39. The third-order valence-electron chi connectivity index (χ3n) is 4.00. The van der Waals surface area contributed by atoms with Gasteiger partial charge in [-0.15, -0.1) is 11.6 Å². The van der Waals surface area contributed by atoms with Gasteiger partial charge in [-0.25, -0.2) is 0 Å². The molecule has 0 amide bonds. The molecule has 0 unspecified atom stereocenters. The third-order valence-corrected chi connectivity index (χ3v) is 4.19. The van der Waals surface area contributed by atoms with E-state index in [1.807, 2.05) is 0 Å². The molecule has 92 valence electrons. The van der Waals surface area contributed by atoms with Crippen molar-refractivity contribution >= 4 is 22.4 Å². The molecule has 0 aliphatic heterocycles. The zero-order valence-corrected chi connectivity index (χ0v) is 11.2. The Bertz CT molecular complexity index is 758. The molecule has 0 saturated carbocycles. The van der Waals surface area contributed by atoms with Crippen molar-refractivity contribution in [1.82, 2.24) is 0 Å². The molecule has 19 heavy (non-hydrogen) atoms. The minimum atomic E-state index is 0.672. The van der Waals surface area contributed by atoms with Crippen LogP contribution in [0.2, 0.25) is 0 Å². The molecule has 3 aromatic carbocycles. The van der Waals surface area contributed by atoms with Crippen molar-refractivity contribution < 1.29 is 0 Å². The van der Waals surface area contributed by atoms with Gasteiger partial charge in [-0.2, -0.15) is 0 Å². The average molecular weight is 265 g/mol. The van der Waals surface area contributed by atoms with E-state index in [9.17, 15) is 0 Å². The number of alkyl halides is 1. The molecular weight excluding hydrogens is 252 g/mol. The van der Waals surface area contributed by atoms with Crippen LogP contribution in [-0.4, -0.2) is 5.88 Å². The smallest absolute Gasteiger partial charge is 0.0264 e. The van der Waals surface area contributed by atoms with Crippen LogP contribution in [0.1, 0.15) is 5.56 Å². The van der Waals surface area contributed by atoms with E-state index in [1.165, 1.54) is 38.6 Å². The van der Waals surface area contributed by atoms with E-state index in [0.29, 0.717) is 5.88 Å². The summed E-state index contributed by atoms with van der Waals surface area (Å²) in [5.41, 5.74) is 6.78. The predicted octanol–water partition coefficient (Wildman–Crippen LogP) is 5.27. The molecule has 0 saturated heterocycles. The van der Waals surface area contributed by atoms with Crippen molar-refractivity contribution in [1.29, 1.82) is 0 Å². The second kappa shape index (κ2) is 4.11. The maximum atomic E-state index is 5.92. The van der Waals surface area contributed by atoms with Crippen LogP contribution in [0, 0.1) is 0 Å². The summed E-state index contributed by atoms with van der Waals surface area (Å²) in [5, 5.41) is 2.75. The Balaban J connectivity index is 2.14. The minimum Gasteiger partial charge on any atom is -0.126 e. The fourth-order valence-electron chi connectivity index (χ4n) is 3.19. The number of fused-ring (bicyclic) bond motifs is 3. The number of hydrogen-bond donors (Lipinski definition) is 0. The van der Waals surface area contributed by atoms with Gasteiger partial charge in [-0.3, -0.25) is 0 Å². The highest BCUT2D eigenvalue weighted by Gasteiger charge is 2.21. The number of benzene rings is 3. The van der Waals surface area contributed by atoms with Crippen molar-refractivity contribution in [3.8, 4) is 22.3 Å². The van der Waals surface area contributed by atoms with Crippen LogP contribution in [0.3, 0.4) is 0 Å². The van der Waals surface area contributed by atoms with Gasteiger partial charge in [0.15, 0.2) is 0 Å². The Hall–Kier alpha value is -1.79. The van der Waals surface area contributed by atoms with Crippen molar-refractivity contribution in [2.75, 3.05) is 5.88 Å². The molecule has 0 bridgehead atoms. The van der Waals surface area contributed by atoms with Crippen LogP contribution in [0.4, 0.5) is 0 Å². The van der Waals surface area contributed by atoms with Gasteiger partial charge in [0.05, 0.1) is 0 Å². The van der Waals surface area contributed by atoms with E-state index in [1.54, 1.807) is 0 Å². The molecule has 1 heteroatoms. The first-order valence-electron chi connectivity index (χ1n) is 6.60. The van der Waals surface area contributed by atoms with E-state index in [-0.39, 0.29) is 0 Å². The predicted molar refractivity (Wildman–Crippen MR) is 82.8 cm³/mol. The number of halogens is 1. The van der Waals surface area contributed by atoms with Crippen molar-refractivity contribution in [2.45, 2.75) is 6.42 Å². The molecule has 0 atom stereocenters. The Morgan fingerprint density at radius 3 is 2.11 bits per heavy atom. The molecule has 0 nitrogen and oxygen atoms in total.